The van der Waals surface area contributed by atoms with Crippen LogP contribution in [0.3, 0.4) is 0 Å². The second-order valence-corrected chi connectivity index (χ2v) is 8.88. The minimum Gasteiger partial charge on any atom is -0.312 e. The van der Waals surface area contributed by atoms with Crippen molar-refractivity contribution in [2.24, 2.45) is 5.92 Å². The Morgan fingerprint density at radius 2 is 2.05 bits per heavy atom. The lowest BCUT2D eigenvalue weighted by Crippen LogP contribution is -2.12. The fraction of sp³-hybridized carbons (Fsp3) is 0.824. The average molecular weight is 327 g/mol. The van der Waals surface area contributed by atoms with Crippen molar-refractivity contribution in [2.45, 2.75) is 76.8 Å². The molecule has 0 saturated heterocycles. The standard InChI is InChI=1S/C17H30N2S2/c1-4-18-11-16-15(10-13(2)3)19-17(21-16)12-20-14-8-6-5-7-9-14/h13-14,18H,4-12H2,1-3H3. The van der Waals surface area contributed by atoms with E-state index in [4.69, 9.17) is 4.98 Å². The van der Waals surface area contributed by atoms with E-state index < -0.39 is 0 Å². The van der Waals surface area contributed by atoms with E-state index in [9.17, 15) is 0 Å². The molecule has 120 valence electrons. The molecule has 1 aliphatic rings. The van der Waals surface area contributed by atoms with Crippen molar-refractivity contribution in [3.8, 4) is 0 Å². The number of aromatic nitrogens is 1. The molecule has 2 nitrogen and oxygen atoms in total. The number of hydrogen-bond acceptors (Lipinski definition) is 4. The molecule has 1 fully saturated rings. The van der Waals surface area contributed by atoms with Gasteiger partial charge in [-0.25, -0.2) is 4.98 Å². The van der Waals surface area contributed by atoms with Gasteiger partial charge in [0.15, 0.2) is 0 Å². The van der Waals surface area contributed by atoms with E-state index in [1.165, 1.54) is 47.7 Å². The van der Waals surface area contributed by atoms with Gasteiger partial charge < -0.3 is 5.32 Å². The molecule has 2 rings (SSSR count). The molecule has 1 aliphatic carbocycles. The van der Waals surface area contributed by atoms with Crippen molar-refractivity contribution in [1.29, 1.82) is 0 Å². The summed E-state index contributed by atoms with van der Waals surface area (Å²) in [5.74, 6) is 1.80. The molecule has 0 aromatic carbocycles. The van der Waals surface area contributed by atoms with Gasteiger partial charge >= 0.3 is 0 Å². The van der Waals surface area contributed by atoms with E-state index in [2.05, 4.69) is 37.8 Å². The number of hydrogen-bond donors (Lipinski definition) is 1. The Hall–Kier alpha value is -0.0600. The van der Waals surface area contributed by atoms with Crippen LogP contribution in [0, 0.1) is 5.92 Å². The first kappa shape index (κ1) is 17.3. The maximum atomic E-state index is 4.95. The number of nitrogens with zero attached hydrogens (tertiary/aromatic N) is 1. The van der Waals surface area contributed by atoms with Crippen LogP contribution < -0.4 is 5.32 Å². The Balaban J connectivity index is 1.92. The molecule has 0 radical (unpaired) electrons. The van der Waals surface area contributed by atoms with Gasteiger partial charge in [-0.2, -0.15) is 11.8 Å². The molecule has 0 atom stereocenters. The molecule has 1 N–H and O–H groups in total. The fourth-order valence-electron chi connectivity index (χ4n) is 2.84. The first-order chi connectivity index (χ1) is 10.2. The van der Waals surface area contributed by atoms with Gasteiger partial charge in [-0.3, -0.25) is 0 Å². The van der Waals surface area contributed by atoms with Gasteiger partial charge in [-0.05, 0) is 31.7 Å². The van der Waals surface area contributed by atoms with Crippen LogP contribution in [-0.2, 0) is 18.7 Å². The number of rotatable bonds is 8. The zero-order valence-electron chi connectivity index (χ0n) is 13.8. The number of nitrogens with one attached hydrogen (secondary N) is 1. The van der Waals surface area contributed by atoms with Crippen molar-refractivity contribution in [1.82, 2.24) is 10.3 Å². The van der Waals surface area contributed by atoms with Crippen molar-refractivity contribution >= 4 is 23.1 Å². The Labute approximate surface area is 138 Å². The van der Waals surface area contributed by atoms with E-state index in [0.717, 1.165) is 30.5 Å². The van der Waals surface area contributed by atoms with Crippen molar-refractivity contribution in [2.75, 3.05) is 6.54 Å². The van der Waals surface area contributed by atoms with Gasteiger partial charge in [0.1, 0.15) is 5.01 Å². The first-order valence-corrected chi connectivity index (χ1v) is 10.3. The molecular formula is C17H30N2S2. The van der Waals surface area contributed by atoms with Gasteiger partial charge in [-0.15, -0.1) is 11.3 Å². The summed E-state index contributed by atoms with van der Waals surface area (Å²) in [5, 5.41) is 5.69. The second kappa shape index (κ2) is 9.16. The summed E-state index contributed by atoms with van der Waals surface area (Å²) in [6.07, 6.45) is 8.25. The van der Waals surface area contributed by atoms with Crippen LogP contribution in [0.1, 0.15) is 68.5 Å². The molecule has 21 heavy (non-hydrogen) atoms. The summed E-state index contributed by atoms with van der Waals surface area (Å²) >= 11 is 4.08. The highest BCUT2D eigenvalue weighted by molar-refractivity contribution is 7.99. The molecule has 0 bridgehead atoms. The Bertz CT molecular complexity index is 409. The van der Waals surface area contributed by atoms with Crippen LogP contribution in [0.15, 0.2) is 0 Å². The van der Waals surface area contributed by atoms with Crippen LogP contribution in [0.25, 0.3) is 0 Å². The number of thioether (sulfide) groups is 1. The summed E-state index contributed by atoms with van der Waals surface area (Å²) in [4.78, 5) is 6.41. The zero-order chi connectivity index (χ0) is 15.1. The molecule has 0 unspecified atom stereocenters. The van der Waals surface area contributed by atoms with Crippen molar-refractivity contribution in [3.63, 3.8) is 0 Å². The van der Waals surface area contributed by atoms with Gasteiger partial charge in [-0.1, -0.05) is 40.0 Å². The maximum absolute atomic E-state index is 4.95. The molecule has 0 spiro atoms. The van der Waals surface area contributed by atoms with E-state index in [1.54, 1.807) is 0 Å². The van der Waals surface area contributed by atoms with E-state index in [0.29, 0.717) is 5.92 Å². The lowest BCUT2D eigenvalue weighted by atomic mass is 10.0. The van der Waals surface area contributed by atoms with Crippen LogP contribution >= 0.6 is 23.1 Å². The largest absolute Gasteiger partial charge is 0.312 e. The molecule has 1 aromatic rings. The van der Waals surface area contributed by atoms with Crippen LogP contribution in [-0.4, -0.2) is 16.8 Å². The Morgan fingerprint density at radius 1 is 1.29 bits per heavy atom. The Morgan fingerprint density at radius 3 is 2.71 bits per heavy atom. The fourth-order valence-corrected chi connectivity index (χ4v) is 5.25. The highest BCUT2D eigenvalue weighted by atomic mass is 32.2. The van der Waals surface area contributed by atoms with E-state index in [1.807, 2.05) is 11.3 Å². The smallest absolute Gasteiger partial charge is 0.103 e. The van der Waals surface area contributed by atoms with Gasteiger partial charge in [0.2, 0.25) is 0 Å². The Kier molecular flexibility index (Phi) is 7.55. The summed E-state index contributed by atoms with van der Waals surface area (Å²) in [6.45, 7) is 8.76. The summed E-state index contributed by atoms with van der Waals surface area (Å²) in [7, 11) is 0. The lowest BCUT2D eigenvalue weighted by Gasteiger charge is -2.20. The quantitative estimate of drug-likeness (QED) is 0.726. The molecular weight excluding hydrogens is 296 g/mol. The summed E-state index contributed by atoms with van der Waals surface area (Å²) in [5.41, 5.74) is 1.34. The number of thiazole rings is 1. The molecule has 1 heterocycles. The zero-order valence-corrected chi connectivity index (χ0v) is 15.4. The molecule has 0 aliphatic heterocycles. The first-order valence-electron chi connectivity index (χ1n) is 8.48. The maximum Gasteiger partial charge on any atom is 0.103 e. The van der Waals surface area contributed by atoms with Gasteiger partial charge in [0, 0.05) is 22.4 Å². The topological polar surface area (TPSA) is 24.9 Å². The monoisotopic (exact) mass is 326 g/mol. The highest BCUT2D eigenvalue weighted by Crippen LogP contribution is 2.32. The molecule has 4 heteroatoms. The third-order valence-electron chi connectivity index (χ3n) is 3.95. The predicted molar refractivity (Wildman–Crippen MR) is 96.2 cm³/mol. The van der Waals surface area contributed by atoms with Crippen LogP contribution in [0.5, 0.6) is 0 Å². The highest BCUT2D eigenvalue weighted by Gasteiger charge is 2.16. The van der Waals surface area contributed by atoms with E-state index >= 15 is 0 Å². The molecule has 0 amide bonds. The second-order valence-electron chi connectivity index (χ2n) is 6.43. The van der Waals surface area contributed by atoms with Crippen LogP contribution in [0.2, 0.25) is 0 Å². The minimum absolute atomic E-state index is 0.686. The SMILES string of the molecule is CCNCc1sc(CSC2CCCCC2)nc1CC(C)C. The lowest BCUT2D eigenvalue weighted by molar-refractivity contribution is 0.516. The van der Waals surface area contributed by atoms with Crippen LogP contribution in [0.4, 0.5) is 0 Å². The molecule has 1 aromatic heterocycles. The van der Waals surface area contributed by atoms with Crippen molar-refractivity contribution < 1.29 is 0 Å². The normalized spacial score (nSPS) is 16.8. The molecule has 1 saturated carbocycles. The summed E-state index contributed by atoms with van der Waals surface area (Å²) in [6, 6.07) is 0. The van der Waals surface area contributed by atoms with E-state index in [-0.39, 0.29) is 0 Å². The third-order valence-corrected chi connectivity index (χ3v) is 6.62. The van der Waals surface area contributed by atoms with Crippen molar-refractivity contribution in [3.05, 3.63) is 15.6 Å². The average Bonchev–Trinajstić information content (AvgIpc) is 2.85. The predicted octanol–water partition coefficient (Wildman–Crippen LogP) is 5.02. The minimum atomic E-state index is 0.686. The van der Waals surface area contributed by atoms with Gasteiger partial charge in [0.05, 0.1) is 5.69 Å². The third kappa shape index (κ3) is 5.91. The summed E-state index contributed by atoms with van der Waals surface area (Å²) < 4.78 is 0. The van der Waals surface area contributed by atoms with Gasteiger partial charge in [0.25, 0.3) is 0 Å².